The quantitative estimate of drug-likeness (QED) is 0.301. The van der Waals surface area contributed by atoms with Gasteiger partial charge >= 0.3 is 6.03 Å². The van der Waals surface area contributed by atoms with E-state index in [9.17, 15) is 4.79 Å². The average molecular weight is 528 g/mol. The predicted molar refractivity (Wildman–Crippen MR) is 130 cm³/mol. The lowest BCUT2D eigenvalue weighted by atomic mass is 10.2. The third kappa shape index (κ3) is 7.46. The second-order valence-corrected chi connectivity index (χ2v) is 8.06. The highest BCUT2D eigenvalue weighted by Gasteiger charge is 2.17. The van der Waals surface area contributed by atoms with Gasteiger partial charge in [-0.3, -0.25) is 0 Å². The number of likely N-dealkylation sites (tertiary alicyclic amines) is 1. The highest BCUT2D eigenvalue weighted by molar-refractivity contribution is 14.0. The number of guanidine groups is 1. The van der Waals surface area contributed by atoms with E-state index >= 15 is 0 Å². The van der Waals surface area contributed by atoms with E-state index in [4.69, 9.17) is 0 Å². The molecule has 3 N–H and O–H groups in total. The number of aromatic nitrogens is 1. The SMILES string of the molecule is CCNC(=NCc1cccc(NC(=O)N2CCCC2)c1)NCc1ncc(C)s1.I. The van der Waals surface area contributed by atoms with Crippen LogP contribution < -0.4 is 16.0 Å². The fourth-order valence-corrected chi connectivity index (χ4v) is 3.75. The van der Waals surface area contributed by atoms with Crippen LogP contribution in [0.1, 0.15) is 35.2 Å². The smallest absolute Gasteiger partial charge is 0.321 e. The lowest BCUT2D eigenvalue weighted by Crippen LogP contribution is -2.36. The molecule has 0 aliphatic carbocycles. The van der Waals surface area contributed by atoms with Gasteiger partial charge < -0.3 is 20.9 Å². The maximum Gasteiger partial charge on any atom is 0.321 e. The third-order valence-corrected chi connectivity index (χ3v) is 5.32. The van der Waals surface area contributed by atoms with Gasteiger partial charge in [0.25, 0.3) is 0 Å². The minimum Gasteiger partial charge on any atom is -0.357 e. The molecule has 2 heterocycles. The topological polar surface area (TPSA) is 81.7 Å². The molecule has 3 rings (SSSR count). The first-order valence-electron chi connectivity index (χ1n) is 9.72. The number of amides is 2. The highest BCUT2D eigenvalue weighted by atomic mass is 127. The molecular formula is C20H29IN6OS. The van der Waals surface area contributed by atoms with Gasteiger partial charge in [0.1, 0.15) is 5.01 Å². The van der Waals surface area contributed by atoms with E-state index in [0.717, 1.165) is 54.7 Å². The van der Waals surface area contributed by atoms with Crippen LogP contribution in [0.2, 0.25) is 0 Å². The second kappa shape index (κ2) is 12.0. The number of thiazole rings is 1. The molecule has 2 aromatic rings. The van der Waals surface area contributed by atoms with Crippen molar-refractivity contribution in [2.45, 2.75) is 39.8 Å². The molecule has 0 unspecified atom stereocenters. The Labute approximate surface area is 193 Å². The van der Waals surface area contributed by atoms with Crippen LogP contribution in [0.5, 0.6) is 0 Å². The molecule has 1 fully saturated rings. The van der Waals surface area contributed by atoms with Crippen LogP contribution in [0.4, 0.5) is 10.5 Å². The first-order chi connectivity index (χ1) is 13.6. The Morgan fingerprint density at radius 3 is 2.76 bits per heavy atom. The number of aryl methyl sites for hydroxylation is 1. The number of benzene rings is 1. The molecule has 0 atom stereocenters. The molecule has 1 aliphatic heterocycles. The maximum absolute atomic E-state index is 12.3. The summed E-state index contributed by atoms with van der Waals surface area (Å²) in [7, 11) is 0. The molecule has 158 valence electrons. The van der Waals surface area contributed by atoms with Crippen LogP contribution >= 0.6 is 35.3 Å². The number of carbonyl (C=O) groups excluding carboxylic acids is 1. The van der Waals surface area contributed by atoms with Crippen molar-refractivity contribution in [1.29, 1.82) is 0 Å². The molecule has 1 aliphatic rings. The van der Waals surface area contributed by atoms with E-state index in [0.29, 0.717) is 13.1 Å². The van der Waals surface area contributed by atoms with Gasteiger partial charge in [0.05, 0.1) is 13.1 Å². The van der Waals surface area contributed by atoms with E-state index in [2.05, 4.69) is 32.9 Å². The van der Waals surface area contributed by atoms with Gasteiger partial charge in [-0.25, -0.2) is 14.8 Å². The molecule has 0 spiro atoms. The van der Waals surface area contributed by atoms with Gasteiger partial charge in [-0.15, -0.1) is 35.3 Å². The second-order valence-electron chi connectivity index (χ2n) is 6.74. The van der Waals surface area contributed by atoms with Crippen LogP contribution in [-0.4, -0.2) is 41.5 Å². The predicted octanol–water partition coefficient (Wildman–Crippen LogP) is 3.95. The summed E-state index contributed by atoms with van der Waals surface area (Å²) in [5, 5.41) is 10.6. The number of carbonyl (C=O) groups is 1. The van der Waals surface area contributed by atoms with Gasteiger partial charge in [0.15, 0.2) is 5.96 Å². The molecular weight excluding hydrogens is 499 g/mol. The third-order valence-electron chi connectivity index (χ3n) is 4.41. The zero-order valence-corrected chi connectivity index (χ0v) is 20.0. The molecule has 1 aromatic carbocycles. The summed E-state index contributed by atoms with van der Waals surface area (Å²) in [4.78, 5) is 24.3. The number of rotatable bonds is 6. The van der Waals surface area contributed by atoms with E-state index < -0.39 is 0 Å². The minimum atomic E-state index is -0.0214. The van der Waals surface area contributed by atoms with Crippen molar-refractivity contribution in [2.24, 2.45) is 4.99 Å². The molecule has 7 nitrogen and oxygen atoms in total. The van der Waals surface area contributed by atoms with Crippen molar-refractivity contribution in [3.8, 4) is 0 Å². The van der Waals surface area contributed by atoms with Crippen molar-refractivity contribution in [2.75, 3.05) is 25.0 Å². The molecule has 2 amide bonds. The summed E-state index contributed by atoms with van der Waals surface area (Å²) in [5.74, 6) is 0.752. The Kier molecular flexibility index (Phi) is 9.65. The number of anilines is 1. The van der Waals surface area contributed by atoms with Gasteiger partial charge in [-0.05, 0) is 44.4 Å². The number of nitrogens with one attached hydrogen (secondary N) is 3. The summed E-state index contributed by atoms with van der Waals surface area (Å²) < 4.78 is 0. The molecule has 0 radical (unpaired) electrons. The van der Waals surface area contributed by atoms with E-state index in [1.165, 1.54) is 4.88 Å². The maximum atomic E-state index is 12.3. The largest absolute Gasteiger partial charge is 0.357 e. The van der Waals surface area contributed by atoms with Gasteiger partial charge in [-0.2, -0.15) is 0 Å². The van der Waals surface area contributed by atoms with Crippen LogP contribution in [-0.2, 0) is 13.1 Å². The van der Waals surface area contributed by atoms with Gasteiger partial charge in [-0.1, -0.05) is 12.1 Å². The van der Waals surface area contributed by atoms with Crippen molar-refractivity contribution >= 4 is 53.0 Å². The number of nitrogens with zero attached hydrogens (tertiary/aromatic N) is 3. The van der Waals surface area contributed by atoms with Crippen LogP contribution in [0, 0.1) is 6.92 Å². The van der Waals surface area contributed by atoms with Gasteiger partial charge in [0.2, 0.25) is 0 Å². The summed E-state index contributed by atoms with van der Waals surface area (Å²) >= 11 is 1.68. The zero-order chi connectivity index (χ0) is 19.8. The monoisotopic (exact) mass is 528 g/mol. The molecule has 9 heteroatoms. The lowest BCUT2D eigenvalue weighted by molar-refractivity contribution is 0.222. The van der Waals surface area contributed by atoms with Crippen molar-refractivity contribution in [1.82, 2.24) is 20.5 Å². The molecule has 1 saturated heterocycles. The Bertz CT molecular complexity index is 819. The number of urea groups is 1. The highest BCUT2D eigenvalue weighted by Crippen LogP contribution is 2.15. The van der Waals surface area contributed by atoms with Crippen LogP contribution in [0.15, 0.2) is 35.5 Å². The summed E-state index contributed by atoms with van der Waals surface area (Å²) in [6.07, 6.45) is 4.06. The molecule has 29 heavy (non-hydrogen) atoms. The number of hydrogen-bond acceptors (Lipinski definition) is 4. The van der Waals surface area contributed by atoms with Crippen molar-refractivity contribution < 1.29 is 4.79 Å². The Hall–Kier alpha value is -1.88. The minimum absolute atomic E-state index is 0. The Morgan fingerprint density at radius 2 is 2.07 bits per heavy atom. The lowest BCUT2D eigenvalue weighted by Gasteiger charge is -2.16. The fraction of sp³-hybridized carbons (Fsp3) is 0.450. The fourth-order valence-electron chi connectivity index (χ4n) is 3.02. The summed E-state index contributed by atoms with van der Waals surface area (Å²) in [6, 6.07) is 7.83. The molecule has 1 aromatic heterocycles. The van der Waals surface area contributed by atoms with Crippen molar-refractivity contribution in [3.05, 3.63) is 45.9 Å². The molecule has 0 saturated carbocycles. The average Bonchev–Trinajstić information content (AvgIpc) is 3.36. The Balaban J connectivity index is 0.00000300. The Morgan fingerprint density at radius 1 is 1.28 bits per heavy atom. The zero-order valence-electron chi connectivity index (χ0n) is 16.9. The number of aliphatic imine (C=N–C) groups is 1. The number of halogens is 1. The first kappa shape index (κ1) is 23.4. The standard InChI is InChI=1S/C20H28N6OS.HI/c1-3-21-19(24-14-18-22-12-15(2)28-18)23-13-16-7-6-8-17(11-16)25-20(27)26-9-4-5-10-26;/h6-8,11-12H,3-5,9-10,13-14H2,1-2H3,(H,25,27)(H2,21,23,24);1H. The van der Waals surface area contributed by atoms with E-state index in [1.54, 1.807) is 11.3 Å². The first-order valence-corrected chi connectivity index (χ1v) is 10.5. The van der Waals surface area contributed by atoms with Crippen LogP contribution in [0.25, 0.3) is 0 Å². The summed E-state index contributed by atoms with van der Waals surface area (Å²) in [5.41, 5.74) is 1.85. The van der Waals surface area contributed by atoms with E-state index in [-0.39, 0.29) is 30.0 Å². The normalized spacial score (nSPS) is 13.7. The summed E-state index contributed by atoms with van der Waals surface area (Å²) in [6.45, 7) is 7.73. The van der Waals surface area contributed by atoms with E-state index in [1.807, 2.05) is 42.3 Å². The number of hydrogen-bond donors (Lipinski definition) is 3. The van der Waals surface area contributed by atoms with Gasteiger partial charge in [0, 0.05) is 36.4 Å². The van der Waals surface area contributed by atoms with Crippen molar-refractivity contribution in [3.63, 3.8) is 0 Å². The van der Waals surface area contributed by atoms with Crippen LogP contribution in [0.3, 0.4) is 0 Å². The molecule has 0 bridgehead atoms.